The topological polar surface area (TPSA) is 83.6 Å². The summed E-state index contributed by atoms with van der Waals surface area (Å²) in [5, 5.41) is 16.1. The predicted octanol–water partition coefficient (Wildman–Crippen LogP) is 3.01. The molecule has 0 unspecified atom stereocenters. The van der Waals surface area contributed by atoms with E-state index in [4.69, 9.17) is 5.26 Å². The summed E-state index contributed by atoms with van der Waals surface area (Å²) in [6, 6.07) is 12.8. The van der Waals surface area contributed by atoms with Crippen LogP contribution in [0.4, 0.5) is 5.69 Å². The number of nitrogens with one attached hydrogen (secondary N) is 1. The van der Waals surface area contributed by atoms with Crippen LogP contribution in [0, 0.1) is 25.2 Å². The second-order valence-electron chi connectivity index (χ2n) is 5.34. The maximum absolute atomic E-state index is 12.6. The van der Waals surface area contributed by atoms with E-state index >= 15 is 0 Å². The maximum Gasteiger partial charge on any atom is 0.259 e. The van der Waals surface area contributed by atoms with Crippen LogP contribution in [0.2, 0.25) is 0 Å². The SMILES string of the molecule is Cc1ccc(C#N)cc1NC(=O)c1cnn(-c2ccccn2)c1C. The van der Waals surface area contributed by atoms with Crippen molar-refractivity contribution in [3.05, 3.63) is 71.2 Å². The molecule has 0 spiro atoms. The summed E-state index contributed by atoms with van der Waals surface area (Å²) in [7, 11) is 0. The van der Waals surface area contributed by atoms with Crippen LogP contribution in [-0.4, -0.2) is 20.7 Å². The summed E-state index contributed by atoms with van der Waals surface area (Å²) in [6.07, 6.45) is 3.19. The van der Waals surface area contributed by atoms with E-state index in [2.05, 4.69) is 21.5 Å². The van der Waals surface area contributed by atoms with Crippen molar-refractivity contribution in [3.63, 3.8) is 0 Å². The highest BCUT2D eigenvalue weighted by molar-refractivity contribution is 6.05. The van der Waals surface area contributed by atoms with Crippen molar-refractivity contribution in [3.8, 4) is 11.9 Å². The van der Waals surface area contributed by atoms with Crippen LogP contribution >= 0.6 is 0 Å². The number of aromatic nitrogens is 3. The molecule has 0 fully saturated rings. The van der Waals surface area contributed by atoms with Crippen LogP contribution in [0.15, 0.2) is 48.8 Å². The molecule has 2 aromatic heterocycles. The van der Waals surface area contributed by atoms with Crippen molar-refractivity contribution in [2.75, 3.05) is 5.32 Å². The van der Waals surface area contributed by atoms with Crippen molar-refractivity contribution in [2.45, 2.75) is 13.8 Å². The van der Waals surface area contributed by atoms with Crippen LogP contribution in [0.25, 0.3) is 5.82 Å². The minimum Gasteiger partial charge on any atom is -0.322 e. The van der Waals surface area contributed by atoms with E-state index in [0.29, 0.717) is 28.3 Å². The number of hydrogen-bond acceptors (Lipinski definition) is 4. The number of pyridine rings is 1. The first-order valence-corrected chi connectivity index (χ1v) is 7.38. The molecule has 0 saturated carbocycles. The summed E-state index contributed by atoms with van der Waals surface area (Å²) in [5.41, 5.74) is 3.15. The monoisotopic (exact) mass is 317 g/mol. The molecule has 1 N–H and O–H groups in total. The van der Waals surface area contributed by atoms with Gasteiger partial charge in [-0.3, -0.25) is 4.79 Å². The fourth-order valence-electron chi connectivity index (χ4n) is 2.36. The van der Waals surface area contributed by atoms with Gasteiger partial charge in [0.1, 0.15) is 0 Å². The summed E-state index contributed by atoms with van der Waals surface area (Å²) in [6.45, 7) is 3.69. The van der Waals surface area contributed by atoms with Crippen molar-refractivity contribution < 1.29 is 4.79 Å². The second kappa shape index (κ2) is 6.34. The number of benzene rings is 1. The molecule has 24 heavy (non-hydrogen) atoms. The van der Waals surface area contributed by atoms with Crippen LogP contribution in [0.5, 0.6) is 0 Å². The molecule has 0 aliphatic carbocycles. The predicted molar refractivity (Wildman–Crippen MR) is 89.9 cm³/mol. The van der Waals surface area contributed by atoms with Crippen LogP contribution < -0.4 is 5.32 Å². The number of nitriles is 1. The molecule has 3 rings (SSSR count). The first kappa shape index (κ1) is 15.4. The fraction of sp³-hybridized carbons (Fsp3) is 0.111. The minimum absolute atomic E-state index is 0.270. The standard InChI is InChI=1S/C18H15N5O/c1-12-6-7-14(10-19)9-16(12)22-18(24)15-11-21-23(13(15)2)17-5-3-4-8-20-17/h3-9,11H,1-2H3,(H,22,24). The first-order chi connectivity index (χ1) is 11.6. The van der Waals surface area contributed by atoms with Crippen LogP contribution in [-0.2, 0) is 0 Å². The third kappa shape index (κ3) is 2.88. The molecular weight excluding hydrogens is 302 g/mol. The Balaban J connectivity index is 1.90. The van der Waals surface area contributed by atoms with E-state index in [0.717, 1.165) is 5.56 Å². The Morgan fingerprint density at radius 2 is 2.08 bits per heavy atom. The molecule has 0 aliphatic rings. The van der Waals surface area contributed by atoms with E-state index in [1.54, 1.807) is 29.1 Å². The number of nitrogens with zero attached hydrogens (tertiary/aromatic N) is 4. The lowest BCUT2D eigenvalue weighted by molar-refractivity contribution is 0.102. The Bertz CT molecular complexity index is 938. The van der Waals surface area contributed by atoms with E-state index in [-0.39, 0.29) is 5.91 Å². The molecule has 1 aromatic carbocycles. The summed E-state index contributed by atoms with van der Waals surface area (Å²) < 4.78 is 1.62. The zero-order valence-corrected chi connectivity index (χ0v) is 13.3. The maximum atomic E-state index is 12.6. The van der Waals surface area contributed by atoms with Gasteiger partial charge in [0.15, 0.2) is 5.82 Å². The van der Waals surface area contributed by atoms with E-state index < -0.39 is 0 Å². The highest BCUT2D eigenvalue weighted by Crippen LogP contribution is 2.19. The lowest BCUT2D eigenvalue weighted by Gasteiger charge is -2.09. The summed E-state index contributed by atoms with van der Waals surface area (Å²) in [5.74, 6) is 0.379. The highest BCUT2D eigenvalue weighted by Gasteiger charge is 2.16. The van der Waals surface area contributed by atoms with Gasteiger partial charge < -0.3 is 5.32 Å². The average molecular weight is 317 g/mol. The lowest BCUT2D eigenvalue weighted by Crippen LogP contribution is -2.14. The lowest BCUT2D eigenvalue weighted by atomic mass is 10.1. The van der Waals surface area contributed by atoms with Crippen molar-refractivity contribution in [2.24, 2.45) is 0 Å². The second-order valence-corrected chi connectivity index (χ2v) is 5.34. The molecule has 1 amide bonds. The number of rotatable bonds is 3. The first-order valence-electron chi connectivity index (χ1n) is 7.38. The number of anilines is 1. The van der Waals surface area contributed by atoms with Gasteiger partial charge in [-0.05, 0) is 43.7 Å². The van der Waals surface area contributed by atoms with Gasteiger partial charge in [-0.2, -0.15) is 10.4 Å². The van der Waals surface area contributed by atoms with Crippen molar-refractivity contribution >= 4 is 11.6 Å². The van der Waals surface area contributed by atoms with E-state index in [9.17, 15) is 4.79 Å². The molecule has 0 atom stereocenters. The molecule has 2 heterocycles. The van der Waals surface area contributed by atoms with Gasteiger partial charge in [-0.15, -0.1) is 0 Å². The van der Waals surface area contributed by atoms with Gasteiger partial charge in [-0.1, -0.05) is 12.1 Å². The van der Waals surface area contributed by atoms with E-state index in [1.807, 2.05) is 32.0 Å². The minimum atomic E-state index is -0.270. The van der Waals surface area contributed by atoms with Crippen molar-refractivity contribution in [1.82, 2.24) is 14.8 Å². The Morgan fingerprint density at radius 1 is 1.25 bits per heavy atom. The summed E-state index contributed by atoms with van der Waals surface area (Å²) >= 11 is 0. The molecule has 118 valence electrons. The number of hydrogen-bond donors (Lipinski definition) is 1. The van der Waals surface area contributed by atoms with Gasteiger partial charge in [0.05, 0.1) is 29.1 Å². The zero-order chi connectivity index (χ0) is 17.1. The Labute approximate surface area is 139 Å². The molecule has 0 bridgehead atoms. The van der Waals surface area contributed by atoms with Gasteiger partial charge in [0.2, 0.25) is 0 Å². The Hall–Kier alpha value is -3.46. The molecule has 6 heteroatoms. The van der Waals surface area contributed by atoms with E-state index in [1.165, 1.54) is 6.20 Å². The van der Waals surface area contributed by atoms with Gasteiger partial charge in [0.25, 0.3) is 5.91 Å². The molecule has 0 saturated heterocycles. The molecular formula is C18H15N5O. The van der Waals surface area contributed by atoms with Crippen molar-refractivity contribution in [1.29, 1.82) is 5.26 Å². The van der Waals surface area contributed by atoms with Gasteiger partial charge >= 0.3 is 0 Å². The Kier molecular flexibility index (Phi) is 4.08. The van der Waals surface area contributed by atoms with Crippen LogP contribution in [0.3, 0.4) is 0 Å². The third-order valence-electron chi connectivity index (χ3n) is 3.74. The number of amides is 1. The molecule has 0 aliphatic heterocycles. The average Bonchev–Trinajstić information content (AvgIpc) is 2.99. The normalized spacial score (nSPS) is 10.2. The number of carbonyl (C=O) groups excluding carboxylic acids is 1. The summed E-state index contributed by atoms with van der Waals surface area (Å²) in [4.78, 5) is 16.8. The van der Waals surface area contributed by atoms with Gasteiger partial charge in [-0.25, -0.2) is 9.67 Å². The van der Waals surface area contributed by atoms with Crippen LogP contribution in [0.1, 0.15) is 27.2 Å². The molecule has 3 aromatic rings. The molecule has 6 nitrogen and oxygen atoms in total. The number of aryl methyl sites for hydroxylation is 1. The quantitative estimate of drug-likeness (QED) is 0.805. The van der Waals surface area contributed by atoms with Gasteiger partial charge in [0, 0.05) is 11.9 Å². The smallest absolute Gasteiger partial charge is 0.259 e. The molecule has 0 radical (unpaired) electrons. The Morgan fingerprint density at radius 3 is 2.79 bits per heavy atom. The fourth-order valence-corrected chi connectivity index (χ4v) is 2.36. The third-order valence-corrected chi connectivity index (χ3v) is 3.74. The zero-order valence-electron chi connectivity index (χ0n) is 13.3. The highest BCUT2D eigenvalue weighted by atomic mass is 16.1. The largest absolute Gasteiger partial charge is 0.322 e. The number of carbonyl (C=O) groups is 1.